The highest BCUT2D eigenvalue weighted by Crippen LogP contribution is 2.31. The zero-order chi connectivity index (χ0) is 22.2. The van der Waals surface area contributed by atoms with Gasteiger partial charge < -0.3 is 4.90 Å². The molecule has 1 saturated heterocycles. The van der Waals surface area contributed by atoms with E-state index >= 15 is 0 Å². The summed E-state index contributed by atoms with van der Waals surface area (Å²) in [5, 5.41) is 1.07. The van der Waals surface area contributed by atoms with E-state index in [4.69, 9.17) is 0 Å². The highest BCUT2D eigenvalue weighted by atomic mass is 79.9. The average Bonchev–Trinajstić information content (AvgIpc) is 3.15. The Labute approximate surface area is 188 Å². The van der Waals surface area contributed by atoms with Crippen LogP contribution in [0.3, 0.4) is 0 Å². The highest BCUT2D eigenvalue weighted by molar-refractivity contribution is 9.10. The van der Waals surface area contributed by atoms with Crippen LogP contribution in [0.2, 0.25) is 0 Å². The Bertz CT molecular complexity index is 1260. The van der Waals surface area contributed by atoms with E-state index in [0.29, 0.717) is 15.2 Å². The van der Waals surface area contributed by atoms with Crippen LogP contribution in [-0.2, 0) is 19.6 Å². The van der Waals surface area contributed by atoms with Gasteiger partial charge in [-0.15, -0.1) is 0 Å². The van der Waals surface area contributed by atoms with Crippen molar-refractivity contribution >= 4 is 48.5 Å². The van der Waals surface area contributed by atoms with Crippen molar-refractivity contribution < 1.29 is 18.0 Å². The minimum atomic E-state index is -4.14. The molecule has 0 spiro atoms. The molecule has 160 valence electrons. The number of benzene rings is 2. The van der Waals surface area contributed by atoms with Crippen molar-refractivity contribution in [3.05, 3.63) is 71.0 Å². The summed E-state index contributed by atoms with van der Waals surface area (Å²) in [6.07, 6.45) is 3.03. The summed E-state index contributed by atoms with van der Waals surface area (Å²) >= 11 is 3.34. The van der Waals surface area contributed by atoms with Crippen LogP contribution in [0.25, 0.3) is 10.8 Å². The largest absolute Gasteiger partial charge is 0.335 e. The fraction of sp³-hybridized carbons (Fsp3) is 0.227. The third-order valence-electron chi connectivity index (χ3n) is 5.50. The molecule has 0 saturated carbocycles. The van der Waals surface area contributed by atoms with Gasteiger partial charge in [-0.3, -0.25) is 14.6 Å². The Morgan fingerprint density at radius 3 is 2.65 bits per heavy atom. The molecule has 2 unspecified atom stereocenters. The molecule has 7 nitrogen and oxygen atoms in total. The van der Waals surface area contributed by atoms with Crippen LogP contribution in [-0.4, -0.2) is 36.7 Å². The number of carbonyl (C=O) groups excluding carboxylic acids is 2. The van der Waals surface area contributed by atoms with Gasteiger partial charge in [0.2, 0.25) is 11.8 Å². The molecule has 0 bridgehead atoms. The SMILES string of the molecule is CC(c1ccccc1)N1CC(C(=O)NS(=O)(=O)c2cccc3cncc(Br)c23)CC1=O. The van der Waals surface area contributed by atoms with Gasteiger partial charge in [-0.25, -0.2) is 13.1 Å². The number of nitrogens with zero attached hydrogens (tertiary/aromatic N) is 2. The van der Waals surface area contributed by atoms with Gasteiger partial charge in [0, 0.05) is 40.6 Å². The normalized spacial score (nSPS) is 17.7. The molecular weight excluding hydrogens is 482 g/mol. The highest BCUT2D eigenvalue weighted by Gasteiger charge is 2.38. The lowest BCUT2D eigenvalue weighted by Crippen LogP contribution is -2.37. The van der Waals surface area contributed by atoms with Crippen molar-refractivity contribution in [2.45, 2.75) is 24.3 Å². The first-order valence-corrected chi connectivity index (χ1v) is 12.0. The van der Waals surface area contributed by atoms with E-state index in [0.717, 1.165) is 5.56 Å². The van der Waals surface area contributed by atoms with E-state index in [1.807, 2.05) is 37.3 Å². The number of hydrogen-bond donors (Lipinski definition) is 1. The molecule has 1 N–H and O–H groups in total. The van der Waals surface area contributed by atoms with Crippen LogP contribution in [0.4, 0.5) is 0 Å². The number of fused-ring (bicyclic) bond motifs is 1. The van der Waals surface area contributed by atoms with E-state index in [1.54, 1.807) is 23.2 Å². The Morgan fingerprint density at radius 2 is 1.90 bits per heavy atom. The van der Waals surface area contributed by atoms with Gasteiger partial charge in [-0.2, -0.15) is 0 Å². The number of rotatable bonds is 5. The maximum atomic E-state index is 13.0. The molecular formula is C22H20BrN3O4S. The van der Waals surface area contributed by atoms with Crippen LogP contribution in [0.15, 0.2) is 70.3 Å². The van der Waals surface area contributed by atoms with Gasteiger partial charge in [-0.1, -0.05) is 42.5 Å². The smallest absolute Gasteiger partial charge is 0.264 e. The number of pyridine rings is 1. The minimum absolute atomic E-state index is 0.0218. The Balaban J connectivity index is 1.54. The van der Waals surface area contributed by atoms with E-state index in [9.17, 15) is 18.0 Å². The molecule has 0 aliphatic carbocycles. The maximum Gasteiger partial charge on any atom is 0.264 e. The summed E-state index contributed by atoms with van der Waals surface area (Å²) in [6.45, 7) is 2.06. The molecule has 4 rings (SSSR count). The first-order valence-electron chi connectivity index (χ1n) is 9.71. The van der Waals surface area contributed by atoms with Gasteiger partial charge in [0.05, 0.1) is 16.9 Å². The van der Waals surface area contributed by atoms with E-state index < -0.39 is 21.8 Å². The summed E-state index contributed by atoms with van der Waals surface area (Å²) in [5.74, 6) is -1.60. The van der Waals surface area contributed by atoms with Gasteiger partial charge >= 0.3 is 0 Å². The molecule has 2 aromatic carbocycles. The molecule has 31 heavy (non-hydrogen) atoms. The molecule has 0 radical (unpaired) electrons. The lowest BCUT2D eigenvalue weighted by atomic mass is 10.1. The second kappa shape index (κ2) is 8.39. The van der Waals surface area contributed by atoms with Crippen LogP contribution in [0.5, 0.6) is 0 Å². The summed E-state index contributed by atoms with van der Waals surface area (Å²) in [6, 6.07) is 14.1. The topological polar surface area (TPSA) is 96.4 Å². The van der Waals surface area contributed by atoms with Crippen LogP contribution in [0.1, 0.15) is 24.9 Å². The average molecular weight is 502 g/mol. The fourth-order valence-corrected chi connectivity index (χ4v) is 5.83. The predicted octanol–water partition coefficient (Wildman–Crippen LogP) is 3.41. The molecule has 1 fully saturated rings. The zero-order valence-electron chi connectivity index (χ0n) is 16.7. The van der Waals surface area contributed by atoms with E-state index in [2.05, 4.69) is 25.6 Å². The van der Waals surface area contributed by atoms with Gasteiger partial charge in [0.1, 0.15) is 0 Å². The van der Waals surface area contributed by atoms with Crippen molar-refractivity contribution in [1.29, 1.82) is 0 Å². The number of amides is 2. The molecule has 1 aliphatic rings. The lowest BCUT2D eigenvalue weighted by Gasteiger charge is -2.25. The van der Waals surface area contributed by atoms with Crippen molar-refractivity contribution in [3.8, 4) is 0 Å². The number of hydrogen-bond acceptors (Lipinski definition) is 5. The number of nitrogens with one attached hydrogen (secondary N) is 1. The fourth-order valence-electron chi connectivity index (χ4n) is 3.85. The van der Waals surface area contributed by atoms with Crippen LogP contribution in [0, 0.1) is 5.92 Å². The number of aromatic nitrogens is 1. The molecule has 2 amide bonds. The third-order valence-corrected chi connectivity index (χ3v) is 7.49. The number of carbonyl (C=O) groups is 2. The Kier molecular flexibility index (Phi) is 5.81. The monoisotopic (exact) mass is 501 g/mol. The lowest BCUT2D eigenvalue weighted by molar-refractivity contribution is -0.130. The standard InChI is InChI=1S/C22H20BrN3O4S/c1-14(15-6-3-2-4-7-15)26-13-17(10-20(26)27)22(28)25-31(29,30)19-9-5-8-16-11-24-12-18(23)21(16)19/h2-9,11-12,14,17H,10,13H2,1H3,(H,25,28). The zero-order valence-corrected chi connectivity index (χ0v) is 19.1. The van der Waals surface area contributed by atoms with Crippen molar-refractivity contribution in [3.63, 3.8) is 0 Å². The number of halogens is 1. The van der Waals surface area contributed by atoms with E-state index in [-0.39, 0.29) is 29.8 Å². The van der Waals surface area contributed by atoms with Crippen LogP contribution < -0.4 is 4.72 Å². The van der Waals surface area contributed by atoms with Gasteiger partial charge in [-0.05, 0) is 34.5 Å². The molecule has 1 aliphatic heterocycles. The second-order valence-corrected chi connectivity index (χ2v) is 9.98. The van der Waals surface area contributed by atoms with Gasteiger partial charge in [0.15, 0.2) is 0 Å². The summed E-state index contributed by atoms with van der Waals surface area (Å²) in [5.41, 5.74) is 0.957. The molecule has 1 aromatic heterocycles. The minimum Gasteiger partial charge on any atom is -0.335 e. The first-order chi connectivity index (χ1) is 14.8. The molecule has 9 heteroatoms. The summed E-state index contributed by atoms with van der Waals surface area (Å²) < 4.78 is 28.7. The predicted molar refractivity (Wildman–Crippen MR) is 119 cm³/mol. The molecule has 2 heterocycles. The summed E-state index contributed by atoms with van der Waals surface area (Å²) in [4.78, 5) is 31.0. The van der Waals surface area contributed by atoms with Crippen molar-refractivity contribution in [2.75, 3.05) is 6.54 Å². The van der Waals surface area contributed by atoms with Crippen LogP contribution >= 0.6 is 15.9 Å². The Morgan fingerprint density at radius 1 is 1.16 bits per heavy atom. The van der Waals surface area contributed by atoms with Crippen molar-refractivity contribution in [1.82, 2.24) is 14.6 Å². The molecule has 2 atom stereocenters. The first kappa shape index (κ1) is 21.5. The third kappa shape index (κ3) is 4.20. The van der Waals surface area contributed by atoms with E-state index in [1.165, 1.54) is 12.3 Å². The Hall–Kier alpha value is -2.78. The van der Waals surface area contributed by atoms with Gasteiger partial charge in [0.25, 0.3) is 10.0 Å². The summed E-state index contributed by atoms with van der Waals surface area (Å²) in [7, 11) is -4.14. The number of likely N-dealkylation sites (tertiary alicyclic amines) is 1. The second-order valence-electron chi connectivity index (χ2n) is 7.48. The quantitative estimate of drug-likeness (QED) is 0.577. The van der Waals surface area contributed by atoms with Crippen molar-refractivity contribution in [2.24, 2.45) is 5.92 Å². The number of sulfonamides is 1. The maximum absolute atomic E-state index is 13.0. The molecule has 3 aromatic rings.